The number of anilines is 1. The minimum atomic E-state index is -4.55. The number of alkyl halides is 3. The van der Waals surface area contributed by atoms with Crippen LogP contribution in [-0.4, -0.2) is 20.5 Å². The largest absolute Gasteiger partial charge is 0.417 e. The first-order chi connectivity index (χ1) is 15.1. The van der Waals surface area contributed by atoms with Gasteiger partial charge in [-0.25, -0.2) is 13.8 Å². The monoisotopic (exact) mass is 461 g/mol. The Labute approximate surface area is 182 Å². The van der Waals surface area contributed by atoms with E-state index in [-0.39, 0.29) is 21.7 Å². The van der Waals surface area contributed by atoms with E-state index in [9.17, 15) is 26.4 Å². The molecule has 0 aliphatic heterocycles. The van der Waals surface area contributed by atoms with Gasteiger partial charge >= 0.3 is 6.18 Å². The van der Waals surface area contributed by atoms with Crippen LogP contribution in [0.15, 0.2) is 82.8 Å². The van der Waals surface area contributed by atoms with Gasteiger partial charge in [0.05, 0.1) is 16.7 Å². The Morgan fingerprint density at radius 2 is 1.56 bits per heavy atom. The number of hydrogen-bond acceptors (Lipinski definition) is 4. The van der Waals surface area contributed by atoms with Crippen LogP contribution in [0.25, 0.3) is 0 Å². The van der Waals surface area contributed by atoms with Crippen molar-refractivity contribution in [3.63, 3.8) is 0 Å². The predicted octanol–water partition coefficient (Wildman–Crippen LogP) is 4.58. The number of benzene rings is 3. The fraction of sp³-hybridized carbons (Fsp3) is 0.0909. The van der Waals surface area contributed by atoms with Crippen molar-refractivity contribution in [1.82, 2.24) is 5.43 Å². The first-order valence-electron chi connectivity index (χ1n) is 9.25. The Hall–Kier alpha value is -3.66. The molecule has 3 aromatic carbocycles. The highest BCUT2D eigenvalue weighted by atomic mass is 32.2. The highest BCUT2D eigenvalue weighted by Crippen LogP contribution is 2.31. The first-order valence-corrected chi connectivity index (χ1v) is 10.7. The van der Waals surface area contributed by atoms with Crippen molar-refractivity contribution in [2.45, 2.75) is 18.0 Å². The van der Waals surface area contributed by atoms with Gasteiger partial charge in [-0.05, 0) is 49.4 Å². The average molecular weight is 461 g/mol. The van der Waals surface area contributed by atoms with Gasteiger partial charge in [0, 0.05) is 16.8 Å². The van der Waals surface area contributed by atoms with E-state index in [1.807, 2.05) is 6.92 Å². The van der Waals surface area contributed by atoms with Gasteiger partial charge in [-0.15, -0.1) is 0 Å². The van der Waals surface area contributed by atoms with E-state index < -0.39 is 27.7 Å². The maximum absolute atomic E-state index is 13.0. The molecule has 2 N–H and O–H groups in total. The standard InChI is InChI=1S/C22H18F3N3O3S/c1-15-6-12-19(13-7-15)32(30,31)28-18-10-8-16(9-11-18)21(29)27-26-14-17-4-2-3-5-20(17)22(23,24)25/h2-14,28H,1H3,(H,27,29)/b26-14-. The van der Waals surface area contributed by atoms with Crippen LogP contribution >= 0.6 is 0 Å². The molecule has 1 amide bonds. The van der Waals surface area contributed by atoms with Gasteiger partial charge in [0.1, 0.15) is 0 Å². The van der Waals surface area contributed by atoms with Crippen LogP contribution in [0, 0.1) is 6.92 Å². The van der Waals surface area contributed by atoms with Crippen LogP contribution in [0.5, 0.6) is 0 Å². The summed E-state index contributed by atoms with van der Waals surface area (Å²) >= 11 is 0. The van der Waals surface area contributed by atoms with Gasteiger partial charge in [-0.3, -0.25) is 9.52 Å². The Balaban J connectivity index is 1.66. The van der Waals surface area contributed by atoms with Crippen molar-refractivity contribution >= 4 is 27.8 Å². The number of sulfonamides is 1. The van der Waals surface area contributed by atoms with Crippen molar-refractivity contribution in [3.8, 4) is 0 Å². The second-order valence-corrected chi connectivity index (χ2v) is 8.46. The summed E-state index contributed by atoms with van der Waals surface area (Å²) in [4.78, 5) is 12.3. The SMILES string of the molecule is Cc1ccc(S(=O)(=O)Nc2ccc(C(=O)N/N=C\c3ccccc3C(F)(F)F)cc2)cc1. The van der Waals surface area contributed by atoms with Gasteiger partial charge in [0.2, 0.25) is 0 Å². The van der Waals surface area contributed by atoms with Gasteiger partial charge in [-0.1, -0.05) is 35.9 Å². The van der Waals surface area contributed by atoms with E-state index in [0.29, 0.717) is 0 Å². The molecule has 10 heteroatoms. The number of nitrogens with zero attached hydrogens (tertiary/aromatic N) is 1. The quantitative estimate of drug-likeness (QED) is 0.416. The lowest BCUT2D eigenvalue weighted by molar-refractivity contribution is -0.137. The molecule has 3 aromatic rings. The van der Waals surface area contributed by atoms with E-state index in [1.165, 1.54) is 54.6 Å². The molecule has 6 nitrogen and oxygen atoms in total. The predicted molar refractivity (Wildman–Crippen MR) is 115 cm³/mol. The Morgan fingerprint density at radius 1 is 0.938 bits per heavy atom. The van der Waals surface area contributed by atoms with Crippen LogP contribution < -0.4 is 10.1 Å². The average Bonchev–Trinajstić information content (AvgIpc) is 2.74. The van der Waals surface area contributed by atoms with Crippen molar-refractivity contribution < 1.29 is 26.4 Å². The van der Waals surface area contributed by atoms with Crippen LogP contribution in [0.4, 0.5) is 18.9 Å². The number of halogens is 3. The summed E-state index contributed by atoms with van der Waals surface area (Å²) in [6, 6.07) is 16.7. The van der Waals surface area contributed by atoms with E-state index in [4.69, 9.17) is 0 Å². The first kappa shape index (κ1) is 23.0. The molecule has 0 saturated heterocycles. The molecular weight excluding hydrogens is 443 g/mol. The Bertz CT molecular complexity index is 1240. The third-order valence-corrected chi connectivity index (χ3v) is 5.76. The topological polar surface area (TPSA) is 87.6 Å². The fourth-order valence-electron chi connectivity index (χ4n) is 2.71. The number of hydrogen-bond donors (Lipinski definition) is 2. The van der Waals surface area contributed by atoms with Crippen LogP contribution in [0.1, 0.15) is 27.0 Å². The van der Waals surface area contributed by atoms with Gasteiger partial charge in [0.25, 0.3) is 15.9 Å². The molecule has 0 radical (unpaired) electrons. The number of rotatable bonds is 6. The second-order valence-electron chi connectivity index (χ2n) is 6.78. The highest BCUT2D eigenvalue weighted by Gasteiger charge is 2.32. The van der Waals surface area contributed by atoms with Crippen molar-refractivity contribution in [2.75, 3.05) is 4.72 Å². The van der Waals surface area contributed by atoms with Crippen molar-refractivity contribution in [1.29, 1.82) is 0 Å². The van der Waals surface area contributed by atoms with Crippen LogP contribution in [0.2, 0.25) is 0 Å². The van der Waals surface area contributed by atoms with Crippen molar-refractivity contribution in [3.05, 3.63) is 95.1 Å². The molecular formula is C22H18F3N3O3S. The zero-order valence-electron chi connectivity index (χ0n) is 16.7. The highest BCUT2D eigenvalue weighted by molar-refractivity contribution is 7.92. The third kappa shape index (κ3) is 5.73. The third-order valence-electron chi connectivity index (χ3n) is 4.37. The Kier molecular flexibility index (Phi) is 6.64. The molecule has 3 rings (SSSR count). The van der Waals surface area contributed by atoms with Gasteiger partial charge in [-0.2, -0.15) is 18.3 Å². The Morgan fingerprint density at radius 3 is 2.19 bits per heavy atom. The fourth-order valence-corrected chi connectivity index (χ4v) is 3.77. The summed E-state index contributed by atoms with van der Waals surface area (Å²) in [5.41, 5.74) is 2.39. The molecule has 0 unspecified atom stereocenters. The normalized spacial score (nSPS) is 12.0. The minimum Gasteiger partial charge on any atom is -0.280 e. The lowest BCUT2D eigenvalue weighted by Crippen LogP contribution is -2.18. The molecule has 32 heavy (non-hydrogen) atoms. The molecule has 0 atom stereocenters. The van der Waals surface area contributed by atoms with E-state index in [1.54, 1.807) is 12.1 Å². The van der Waals surface area contributed by atoms with Crippen molar-refractivity contribution in [2.24, 2.45) is 5.10 Å². The molecule has 0 bridgehead atoms. The molecule has 0 heterocycles. The number of carbonyl (C=O) groups excluding carboxylic acids is 1. The number of hydrazone groups is 1. The molecule has 0 aromatic heterocycles. The second kappa shape index (κ2) is 9.23. The van der Waals surface area contributed by atoms with E-state index >= 15 is 0 Å². The maximum atomic E-state index is 13.0. The summed E-state index contributed by atoms with van der Waals surface area (Å²) in [5.74, 6) is -0.668. The molecule has 0 aliphatic carbocycles. The summed E-state index contributed by atoms with van der Waals surface area (Å²) in [6.07, 6.45) is -3.64. The molecule has 0 fully saturated rings. The summed E-state index contributed by atoms with van der Waals surface area (Å²) in [7, 11) is -3.79. The molecule has 0 saturated carbocycles. The van der Waals surface area contributed by atoms with E-state index in [2.05, 4.69) is 15.2 Å². The number of nitrogens with one attached hydrogen (secondary N) is 2. The van der Waals surface area contributed by atoms with Crippen LogP contribution in [0.3, 0.4) is 0 Å². The van der Waals surface area contributed by atoms with Gasteiger partial charge < -0.3 is 0 Å². The summed E-state index contributed by atoms with van der Waals surface area (Å²) in [5, 5.41) is 3.58. The van der Waals surface area contributed by atoms with E-state index in [0.717, 1.165) is 17.8 Å². The number of carbonyl (C=O) groups is 1. The maximum Gasteiger partial charge on any atom is 0.417 e. The lowest BCUT2D eigenvalue weighted by Gasteiger charge is -2.09. The molecule has 0 spiro atoms. The molecule has 166 valence electrons. The summed E-state index contributed by atoms with van der Waals surface area (Å²) < 4.78 is 66.2. The zero-order valence-corrected chi connectivity index (χ0v) is 17.5. The van der Waals surface area contributed by atoms with Crippen LogP contribution in [-0.2, 0) is 16.2 Å². The molecule has 0 aliphatic rings. The van der Waals surface area contributed by atoms with Gasteiger partial charge in [0.15, 0.2) is 0 Å². The zero-order chi connectivity index (χ0) is 23.4. The number of amides is 1. The minimum absolute atomic E-state index is 0.0957. The smallest absolute Gasteiger partial charge is 0.280 e. The lowest BCUT2D eigenvalue weighted by atomic mass is 10.1. The number of aryl methyl sites for hydroxylation is 1. The summed E-state index contributed by atoms with van der Waals surface area (Å²) in [6.45, 7) is 1.84.